The smallest absolute Gasteiger partial charge is 0.295 e. The minimum absolute atomic E-state index is 0.157. The summed E-state index contributed by atoms with van der Waals surface area (Å²) in [5, 5.41) is 22.5. The maximum absolute atomic E-state index is 13.0. The summed E-state index contributed by atoms with van der Waals surface area (Å²) in [6.45, 7) is 0.637. The van der Waals surface area contributed by atoms with E-state index < -0.39 is 28.4 Å². The number of ether oxygens (including phenoxy) is 1. The number of carbonyl (C=O) groups is 2. The van der Waals surface area contributed by atoms with Gasteiger partial charge in [0, 0.05) is 30.8 Å². The fraction of sp³-hybridized carbons (Fsp3) is 0.273. The number of aliphatic hydroxyl groups is 1. The number of non-ortho nitro benzene ring substituents is 1. The number of benzene rings is 2. The first-order valence-corrected chi connectivity index (χ1v) is 10.0. The van der Waals surface area contributed by atoms with Crippen LogP contribution in [0.1, 0.15) is 17.2 Å². The second-order valence-electron chi connectivity index (χ2n) is 7.50. The van der Waals surface area contributed by atoms with Crippen molar-refractivity contribution in [1.29, 1.82) is 0 Å². The average molecular weight is 460 g/mol. The number of amides is 1. The zero-order valence-corrected chi connectivity index (χ0v) is 18.5. The predicted molar refractivity (Wildman–Crippen MR) is 119 cm³/mol. The summed E-state index contributed by atoms with van der Waals surface area (Å²) in [6, 6.07) is 9.15. The molecule has 168 valence electrons. The first-order chi connectivity index (χ1) is 15.1. The Bertz CT molecular complexity index is 1110. The van der Waals surface area contributed by atoms with Gasteiger partial charge in [0.25, 0.3) is 17.4 Å². The Kier molecular flexibility index (Phi) is 6.81. The van der Waals surface area contributed by atoms with Crippen molar-refractivity contribution in [2.45, 2.75) is 6.04 Å². The summed E-state index contributed by atoms with van der Waals surface area (Å²) in [6.07, 6.45) is 0. The third-order valence-corrected chi connectivity index (χ3v) is 5.45. The first-order valence-electron chi connectivity index (χ1n) is 9.67. The zero-order chi connectivity index (χ0) is 23.6. The highest BCUT2D eigenvalue weighted by Gasteiger charge is 2.46. The van der Waals surface area contributed by atoms with E-state index in [9.17, 15) is 24.8 Å². The van der Waals surface area contributed by atoms with E-state index in [-0.39, 0.29) is 28.4 Å². The molecule has 1 amide bonds. The van der Waals surface area contributed by atoms with E-state index in [1.54, 1.807) is 6.07 Å². The molecule has 9 nitrogen and oxygen atoms in total. The molecule has 1 unspecified atom stereocenters. The van der Waals surface area contributed by atoms with Gasteiger partial charge < -0.3 is 19.6 Å². The Labute approximate surface area is 189 Å². The third-order valence-electron chi connectivity index (χ3n) is 5.15. The van der Waals surface area contributed by atoms with Crippen LogP contribution in [0.15, 0.2) is 48.0 Å². The predicted octanol–water partition coefficient (Wildman–Crippen LogP) is 3.24. The second-order valence-corrected chi connectivity index (χ2v) is 7.90. The molecule has 1 fully saturated rings. The molecule has 2 aromatic carbocycles. The molecule has 0 bridgehead atoms. The Hall–Kier alpha value is -3.43. The minimum Gasteiger partial charge on any atom is -0.507 e. The topological polar surface area (TPSA) is 113 Å². The molecule has 0 radical (unpaired) electrons. The highest BCUT2D eigenvalue weighted by molar-refractivity contribution is 6.46. The molecule has 0 spiro atoms. The van der Waals surface area contributed by atoms with Crippen LogP contribution in [0.4, 0.5) is 5.69 Å². The number of aliphatic hydroxyl groups excluding tert-OH is 1. The van der Waals surface area contributed by atoms with Crippen molar-refractivity contribution < 1.29 is 24.4 Å². The van der Waals surface area contributed by atoms with E-state index in [0.717, 1.165) is 0 Å². The third kappa shape index (κ3) is 4.44. The van der Waals surface area contributed by atoms with Crippen molar-refractivity contribution in [2.75, 3.05) is 34.3 Å². The Morgan fingerprint density at radius 1 is 1.25 bits per heavy atom. The Morgan fingerprint density at radius 3 is 2.56 bits per heavy atom. The number of ketones is 1. The van der Waals surface area contributed by atoms with Crippen LogP contribution in [0.2, 0.25) is 5.02 Å². The number of likely N-dealkylation sites (tertiary alicyclic amines) is 1. The van der Waals surface area contributed by atoms with Gasteiger partial charge in [-0.2, -0.15) is 0 Å². The summed E-state index contributed by atoms with van der Waals surface area (Å²) in [7, 11) is 5.08. The monoisotopic (exact) mass is 459 g/mol. The molecule has 0 aromatic heterocycles. The molecular weight excluding hydrogens is 438 g/mol. The summed E-state index contributed by atoms with van der Waals surface area (Å²) < 4.78 is 5.11. The van der Waals surface area contributed by atoms with Crippen LogP contribution in [0.3, 0.4) is 0 Å². The SMILES string of the molecule is COc1ccc(/C(O)=C2\C(=O)C(=O)N(CCN(C)C)C2c2cccc([N+](=O)[O-])c2)cc1Cl. The fourth-order valence-corrected chi connectivity index (χ4v) is 3.80. The number of nitro groups is 1. The summed E-state index contributed by atoms with van der Waals surface area (Å²) in [5.74, 6) is -1.70. The molecule has 1 aliphatic heterocycles. The highest BCUT2D eigenvalue weighted by atomic mass is 35.5. The lowest BCUT2D eigenvalue weighted by Crippen LogP contribution is -2.35. The molecular formula is C22H22ClN3O6. The van der Waals surface area contributed by atoms with Crippen LogP contribution >= 0.6 is 11.6 Å². The van der Waals surface area contributed by atoms with Crippen LogP contribution in [0.5, 0.6) is 5.75 Å². The lowest BCUT2D eigenvalue weighted by atomic mass is 9.95. The number of nitrogens with zero attached hydrogens (tertiary/aromatic N) is 3. The van der Waals surface area contributed by atoms with E-state index in [2.05, 4.69) is 0 Å². The molecule has 1 N–H and O–H groups in total. The Balaban J connectivity index is 2.19. The molecule has 1 saturated heterocycles. The van der Waals surface area contributed by atoms with Gasteiger partial charge in [0.2, 0.25) is 0 Å². The number of halogens is 1. The van der Waals surface area contributed by atoms with Gasteiger partial charge in [-0.1, -0.05) is 23.7 Å². The van der Waals surface area contributed by atoms with E-state index in [4.69, 9.17) is 16.3 Å². The van der Waals surface area contributed by atoms with Crippen LogP contribution in [0.25, 0.3) is 5.76 Å². The summed E-state index contributed by atoms with van der Waals surface area (Å²) in [4.78, 5) is 39.7. The zero-order valence-electron chi connectivity index (χ0n) is 17.7. The van der Waals surface area contributed by atoms with Crippen molar-refractivity contribution in [3.63, 3.8) is 0 Å². The van der Waals surface area contributed by atoms with E-state index in [0.29, 0.717) is 17.9 Å². The Morgan fingerprint density at radius 2 is 1.97 bits per heavy atom. The standard InChI is InChI=1S/C22H22ClN3O6/c1-24(2)9-10-25-19(13-5-4-6-15(11-13)26(30)31)18(21(28)22(25)29)20(27)14-7-8-17(32-3)16(23)12-14/h4-8,11-12,19,27H,9-10H2,1-3H3/b20-18+. The van der Waals surface area contributed by atoms with Crippen molar-refractivity contribution >= 4 is 34.7 Å². The van der Waals surface area contributed by atoms with Gasteiger partial charge in [-0.25, -0.2) is 0 Å². The van der Waals surface area contributed by atoms with Gasteiger partial charge in [0.05, 0.1) is 28.7 Å². The van der Waals surface area contributed by atoms with Crippen LogP contribution in [-0.4, -0.2) is 65.8 Å². The summed E-state index contributed by atoms with van der Waals surface area (Å²) >= 11 is 6.17. The molecule has 1 atom stereocenters. The lowest BCUT2D eigenvalue weighted by molar-refractivity contribution is -0.384. The van der Waals surface area contributed by atoms with Crippen molar-refractivity contribution in [3.05, 3.63) is 74.3 Å². The number of hydrogen-bond acceptors (Lipinski definition) is 7. The normalized spacial score (nSPS) is 17.8. The average Bonchev–Trinajstić information content (AvgIpc) is 3.01. The molecule has 2 aromatic rings. The van der Waals surface area contributed by atoms with Crippen LogP contribution < -0.4 is 4.74 Å². The number of carbonyl (C=O) groups excluding carboxylic acids is 2. The van der Waals surface area contributed by atoms with E-state index >= 15 is 0 Å². The molecule has 32 heavy (non-hydrogen) atoms. The quantitative estimate of drug-likeness (QED) is 0.222. The van der Waals surface area contributed by atoms with E-state index in [1.165, 1.54) is 48.4 Å². The largest absolute Gasteiger partial charge is 0.507 e. The molecule has 0 saturated carbocycles. The molecule has 1 heterocycles. The number of nitro benzene ring substituents is 1. The maximum Gasteiger partial charge on any atom is 0.295 e. The lowest BCUT2D eigenvalue weighted by Gasteiger charge is -2.26. The number of methoxy groups -OCH3 is 1. The molecule has 3 rings (SSSR count). The van der Waals surface area contributed by atoms with Gasteiger partial charge >= 0.3 is 0 Å². The van der Waals surface area contributed by atoms with E-state index in [1.807, 2.05) is 19.0 Å². The van der Waals surface area contributed by atoms with Gasteiger partial charge in [-0.05, 0) is 37.9 Å². The number of rotatable bonds is 7. The van der Waals surface area contributed by atoms with Gasteiger partial charge in [-0.15, -0.1) is 0 Å². The van der Waals surface area contributed by atoms with Crippen molar-refractivity contribution in [3.8, 4) is 5.75 Å². The minimum atomic E-state index is -0.990. The first kappa shape index (κ1) is 23.2. The number of Topliss-reactive ketones (excluding diaryl/α,β-unsaturated/α-hetero) is 1. The molecule has 1 aliphatic rings. The van der Waals surface area contributed by atoms with Crippen molar-refractivity contribution in [1.82, 2.24) is 9.80 Å². The highest BCUT2D eigenvalue weighted by Crippen LogP contribution is 2.40. The number of hydrogen-bond donors (Lipinski definition) is 1. The molecule has 0 aliphatic carbocycles. The number of likely N-dealkylation sites (N-methyl/N-ethyl adjacent to an activating group) is 1. The summed E-state index contributed by atoms with van der Waals surface area (Å²) in [5.41, 5.74) is 0.221. The van der Waals surface area contributed by atoms with Crippen LogP contribution in [0, 0.1) is 10.1 Å². The maximum atomic E-state index is 13.0. The fourth-order valence-electron chi connectivity index (χ4n) is 3.54. The molecule has 10 heteroatoms. The second kappa shape index (κ2) is 9.37. The van der Waals surface area contributed by atoms with Gasteiger partial charge in [0.1, 0.15) is 11.5 Å². The van der Waals surface area contributed by atoms with Crippen molar-refractivity contribution in [2.24, 2.45) is 0 Å². The van der Waals surface area contributed by atoms with Gasteiger partial charge in [-0.3, -0.25) is 19.7 Å². The van der Waals surface area contributed by atoms with Gasteiger partial charge in [0.15, 0.2) is 0 Å². The van der Waals surface area contributed by atoms with Crippen LogP contribution in [-0.2, 0) is 9.59 Å².